The highest BCUT2D eigenvalue weighted by Gasteiger charge is 1.97. The van der Waals surface area contributed by atoms with Gasteiger partial charge in [-0.3, -0.25) is 0 Å². The van der Waals surface area contributed by atoms with E-state index in [9.17, 15) is 9.18 Å². The van der Waals surface area contributed by atoms with E-state index in [0.29, 0.717) is 13.0 Å². The molecule has 0 aromatic heterocycles. The van der Waals surface area contributed by atoms with E-state index >= 15 is 0 Å². The molecule has 1 rings (SSSR count). The van der Waals surface area contributed by atoms with Crippen LogP contribution in [-0.4, -0.2) is 19.6 Å². The van der Waals surface area contributed by atoms with Crippen molar-refractivity contribution in [1.29, 1.82) is 0 Å². The third kappa shape index (κ3) is 3.43. The summed E-state index contributed by atoms with van der Waals surface area (Å²) >= 11 is 0. The van der Waals surface area contributed by atoms with Gasteiger partial charge in [0.2, 0.25) is 0 Å². The Morgan fingerprint density at radius 2 is 2.29 bits per heavy atom. The molecule has 0 fully saturated rings. The van der Waals surface area contributed by atoms with Crippen LogP contribution in [0.4, 0.5) is 9.18 Å². The first kappa shape index (κ1) is 10.5. The maximum absolute atomic E-state index is 12.7. The van der Waals surface area contributed by atoms with Gasteiger partial charge in [0.25, 0.3) is 0 Å². The van der Waals surface area contributed by atoms with Gasteiger partial charge in [-0.25, -0.2) is 9.18 Å². The number of rotatable bonds is 3. The number of amides is 2. The maximum atomic E-state index is 12.7. The quantitative estimate of drug-likeness (QED) is 0.751. The molecule has 0 aliphatic heterocycles. The molecule has 0 unspecified atom stereocenters. The van der Waals surface area contributed by atoms with Crippen LogP contribution < -0.4 is 10.6 Å². The summed E-state index contributed by atoms with van der Waals surface area (Å²) in [7, 11) is 1.55. The van der Waals surface area contributed by atoms with Crippen molar-refractivity contribution in [1.82, 2.24) is 10.6 Å². The number of hydrogen-bond acceptors (Lipinski definition) is 1. The van der Waals surface area contributed by atoms with Gasteiger partial charge in [0.05, 0.1) is 0 Å². The SMILES string of the molecule is CNC(=O)NCCc1cccc(F)c1. The van der Waals surface area contributed by atoms with Gasteiger partial charge in [0.1, 0.15) is 5.82 Å². The largest absolute Gasteiger partial charge is 0.341 e. The van der Waals surface area contributed by atoms with Gasteiger partial charge in [-0.2, -0.15) is 0 Å². The van der Waals surface area contributed by atoms with Crippen LogP contribution in [0.25, 0.3) is 0 Å². The molecule has 0 aliphatic carbocycles. The molecule has 0 spiro atoms. The molecular formula is C10H13FN2O. The van der Waals surface area contributed by atoms with Crippen LogP contribution in [-0.2, 0) is 6.42 Å². The highest BCUT2D eigenvalue weighted by Crippen LogP contribution is 2.03. The Morgan fingerprint density at radius 3 is 2.93 bits per heavy atom. The number of benzene rings is 1. The van der Waals surface area contributed by atoms with Gasteiger partial charge in [0.15, 0.2) is 0 Å². The van der Waals surface area contributed by atoms with Crippen molar-refractivity contribution < 1.29 is 9.18 Å². The number of carbonyl (C=O) groups excluding carboxylic acids is 1. The summed E-state index contributed by atoms with van der Waals surface area (Å²) in [6, 6.07) is 6.13. The third-order valence-electron chi connectivity index (χ3n) is 1.82. The van der Waals surface area contributed by atoms with E-state index in [2.05, 4.69) is 10.6 Å². The predicted molar refractivity (Wildman–Crippen MR) is 52.6 cm³/mol. The van der Waals surface area contributed by atoms with E-state index in [0.717, 1.165) is 5.56 Å². The molecule has 0 aliphatic rings. The number of halogens is 1. The van der Waals surface area contributed by atoms with Gasteiger partial charge in [-0.05, 0) is 24.1 Å². The summed E-state index contributed by atoms with van der Waals surface area (Å²) in [4.78, 5) is 10.8. The molecule has 4 heteroatoms. The number of nitrogens with one attached hydrogen (secondary N) is 2. The van der Waals surface area contributed by atoms with Crippen LogP contribution in [0.5, 0.6) is 0 Å². The Morgan fingerprint density at radius 1 is 1.50 bits per heavy atom. The van der Waals surface area contributed by atoms with Gasteiger partial charge in [0, 0.05) is 13.6 Å². The third-order valence-corrected chi connectivity index (χ3v) is 1.82. The Kier molecular flexibility index (Phi) is 3.91. The standard InChI is InChI=1S/C10H13FN2O/c1-12-10(14)13-6-5-8-3-2-4-9(11)7-8/h2-4,7H,5-6H2,1H3,(H2,12,13,14). The predicted octanol–water partition coefficient (Wildman–Crippen LogP) is 1.30. The van der Waals surface area contributed by atoms with E-state index in [-0.39, 0.29) is 11.8 Å². The van der Waals surface area contributed by atoms with Crippen LogP contribution >= 0.6 is 0 Å². The average Bonchev–Trinajstić information content (AvgIpc) is 2.17. The summed E-state index contributed by atoms with van der Waals surface area (Å²) in [6.45, 7) is 0.503. The minimum absolute atomic E-state index is 0.221. The highest BCUT2D eigenvalue weighted by atomic mass is 19.1. The zero-order chi connectivity index (χ0) is 10.4. The van der Waals surface area contributed by atoms with Crippen LogP contribution in [0.2, 0.25) is 0 Å². The van der Waals surface area contributed by atoms with E-state index in [1.807, 2.05) is 6.07 Å². The zero-order valence-electron chi connectivity index (χ0n) is 8.01. The molecule has 2 amide bonds. The van der Waals surface area contributed by atoms with Crippen molar-refractivity contribution in [2.75, 3.05) is 13.6 Å². The second-order valence-corrected chi connectivity index (χ2v) is 2.89. The molecule has 0 atom stereocenters. The van der Waals surface area contributed by atoms with Crippen molar-refractivity contribution in [2.24, 2.45) is 0 Å². The monoisotopic (exact) mass is 196 g/mol. The smallest absolute Gasteiger partial charge is 0.314 e. The number of hydrogen-bond donors (Lipinski definition) is 2. The maximum Gasteiger partial charge on any atom is 0.314 e. The lowest BCUT2D eigenvalue weighted by atomic mass is 10.1. The summed E-state index contributed by atoms with van der Waals surface area (Å²) in [6.07, 6.45) is 0.630. The minimum atomic E-state index is -0.248. The molecular weight excluding hydrogens is 183 g/mol. The summed E-state index contributed by atoms with van der Waals surface area (Å²) in [5.41, 5.74) is 0.876. The lowest BCUT2D eigenvalue weighted by molar-refractivity contribution is 0.243. The van der Waals surface area contributed by atoms with Gasteiger partial charge < -0.3 is 10.6 Å². The van der Waals surface area contributed by atoms with Crippen LogP contribution in [0.3, 0.4) is 0 Å². The van der Waals surface area contributed by atoms with Crippen molar-refractivity contribution in [3.05, 3.63) is 35.6 Å². The Bertz CT molecular complexity index is 315. The van der Waals surface area contributed by atoms with Crippen LogP contribution in [0.1, 0.15) is 5.56 Å². The first-order valence-corrected chi connectivity index (χ1v) is 4.42. The Hall–Kier alpha value is -1.58. The molecule has 1 aromatic rings. The fourth-order valence-corrected chi connectivity index (χ4v) is 1.10. The lowest BCUT2D eigenvalue weighted by Crippen LogP contribution is -2.33. The topological polar surface area (TPSA) is 41.1 Å². The molecule has 2 N–H and O–H groups in total. The second-order valence-electron chi connectivity index (χ2n) is 2.89. The Labute approximate surface area is 82.3 Å². The second kappa shape index (κ2) is 5.21. The highest BCUT2D eigenvalue weighted by molar-refractivity contribution is 5.73. The molecule has 0 saturated heterocycles. The molecule has 76 valence electrons. The van der Waals surface area contributed by atoms with Gasteiger partial charge in [-0.1, -0.05) is 12.1 Å². The number of urea groups is 1. The fraction of sp³-hybridized carbons (Fsp3) is 0.300. The molecule has 0 bridgehead atoms. The van der Waals surface area contributed by atoms with Gasteiger partial charge >= 0.3 is 6.03 Å². The summed E-state index contributed by atoms with van der Waals surface area (Å²) < 4.78 is 12.7. The lowest BCUT2D eigenvalue weighted by Gasteiger charge is -2.04. The molecule has 0 radical (unpaired) electrons. The molecule has 3 nitrogen and oxygen atoms in total. The summed E-state index contributed by atoms with van der Waals surface area (Å²) in [5, 5.41) is 5.07. The molecule has 0 heterocycles. The number of carbonyl (C=O) groups is 1. The molecule has 14 heavy (non-hydrogen) atoms. The van der Waals surface area contributed by atoms with E-state index in [1.165, 1.54) is 12.1 Å². The van der Waals surface area contributed by atoms with E-state index < -0.39 is 0 Å². The van der Waals surface area contributed by atoms with Crippen molar-refractivity contribution in [3.63, 3.8) is 0 Å². The Balaban J connectivity index is 2.35. The average molecular weight is 196 g/mol. The minimum Gasteiger partial charge on any atom is -0.341 e. The van der Waals surface area contributed by atoms with Crippen molar-refractivity contribution >= 4 is 6.03 Å². The normalized spacial score (nSPS) is 9.57. The zero-order valence-corrected chi connectivity index (χ0v) is 8.01. The first-order valence-electron chi connectivity index (χ1n) is 4.42. The van der Waals surface area contributed by atoms with E-state index in [1.54, 1.807) is 13.1 Å². The van der Waals surface area contributed by atoms with E-state index in [4.69, 9.17) is 0 Å². The van der Waals surface area contributed by atoms with Crippen molar-refractivity contribution in [3.8, 4) is 0 Å². The van der Waals surface area contributed by atoms with Gasteiger partial charge in [-0.15, -0.1) is 0 Å². The first-order chi connectivity index (χ1) is 6.72. The molecule has 1 aromatic carbocycles. The fourth-order valence-electron chi connectivity index (χ4n) is 1.10. The van der Waals surface area contributed by atoms with Crippen LogP contribution in [0, 0.1) is 5.82 Å². The molecule has 0 saturated carbocycles. The van der Waals surface area contributed by atoms with Crippen molar-refractivity contribution in [2.45, 2.75) is 6.42 Å². The van der Waals surface area contributed by atoms with Crippen LogP contribution in [0.15, 0.2) is 24.3 Å². The summed E-state index contributed by atoms with van der Waals surface area (Å²) in [5.74, 6) is -0.248.